The molecule has 1 N–H and O–H groups in total. The van der Waals surface area contributed by atoms with E-state index in [9.17, 15) is 4.79 Å². The zero-order valence-electron chi connectivity index (χ0n) is 19.6. The van der Waals surface area contributed by atoms with Crippen LogP contribution in [0.4, 0.5) is 10.5 Å². The summed E-state index contributed by atoms with van der Waals surface area (Å²) in [7, 11) is 0. The number of amides is 2. The number of carbonyl (C=O) groups is 1. The summed E-state index contributed by atoms with van der Waals surface area (Å²) in [5.74, 6) is 1.53. The Balaban J connectivity index is 1.61. The fourth-order valence-electron chi connectivity index (χ4n) is 4.42. The second-order valence-electron chi connectivity index (χ2n) is 9.22. The van der Waals surface area contributed by atoms with Crippen LogP contribution in [-0.2, 0) is 0 Å². The predicted molar refractivity (Wildman–Crippen MR) is 132 cm³/mol. The number of piperidine rings is 1. The van der Waals surface area contributed by atoms with Crippen LogP contribution in [0.15, 0.2) is 47.0 Å². The number of nitrogens with one attached hydrogen (secondary N) is 1. The Labute approximate surface area is 200 Å². The van der Waals surface area contributed by atoms with Gasteiger partial charge in [0, 0.05) is 22.8 Å². The lowest BCUT2D eigenvalue weighted by molar-refractivity contribution is 0.142. The molecular formula is C26H31ClN4O2. The Morgan fingerprint density at radius 1 is 1.09 bits per heavy atom. The Morgan fingerprint density at radius 2 is 1.79 bits per heavy atom. The molecule has 2 aromatic carbocycles. The summed E-state index contributed by atoms with van der Waals surface area (Å²) in [4.78, 5) is 20.0. The van der Waals surface area contributed by atoms with Crippen molar-refractivity contribution >= 4 is 23.3 Å². The molecule has 174 valence electrons. The summed E-state index contributed by atoms with van der Waals surface area (Å²) in [6.07, 6.45) is 2.73. The third-order valence-corrected chi connectivity index (χ3v) is 6.41. The van der Waals surface area contributed by atoms with Crippen LogP contribution < -0.4 is 5.32 Å². The first kappa shape index (κ1) is 23.3. The number of nitrogens with zero attached hydrogens (tertiary/aromatic N) is 3. The molecular weight excluding hydrogens is 436 g/mol. The van der Waals surface area contributed by atoms with Crippen molar-refractivity contribution in [2.75, 3.05) is 11.9 Å². The van der Waals surface area contributed by atoms with E-state index in [0.717, 1.165) is 41.6 Å². The number of para-hydroxylation sites is 1. The second kappa shape index (κ2) is 9.96. The average molecular weight is 467 g/mol. The third kappa shape index (κ3) is 5.06. The molecule has 1 aliphatic heterocycles. The highest BCUT2D eigenvalue weighted by atomic mass is 35.5. The number of urea groups is 1. The summed E-state index contributed by atoms with van der Waals surface area (Å²) < 4.78 is 5.63. The van der Waals surface area contributed by atoms with Crippen LogP contribution >= 0.6 is 11.6 Å². The smallest absolute Gasteiger partial charge is 0.322 e. The fourth-order valence-corrected chi connectivity index (χ4v) is 4.61. The van der Waals surface area contributed by atoms with Gasteiger partial charge >= 0.3 is 6.03 Å². The number of hydrogen-bond donors (Lipinski definition) is 1. The van der Waals surface area contributed by atoms with E-state index in [-0.39, 0.29) is 12.1 Å². The molecule has 0 bridgehead atoms. The van der Waals surface area contributed by atoms with Gasteiger partial charge in [0.05, 0.1) is 0 Å². The molecule has 1 fully saturated rings. The first-order valence-corrected chi connectivity index (χ1v) is 12.0. The topological polar surface area (TPSA) is 71.3 Å². The molecule has 1 aromatic heterocycles. The van der Waals surface area contributed by atoms with Crippen molar-refractivity contribution in [1.82, 2.24) is 15.0 Å². The van der Waals surface area contributed by atoms with E-state index in [1.165, 1.54) is 0 Å². The molecule has 33 heavy (non-hydrogen) atoms. The fraction of sp³-hybridized carbons (Fsp3) is 0.423. The highest BCUT2D eigenvalue weighted by Gasteiger charge is 2.33. The monoisotopic (exact) mass is 466 g/mol. The van der Waals surface area contributed by atoms with Gasteiger partial charge in [0.2, 0.25) is 11.7 Å². The van der Waals surface area contributed by atoms with Gasteiger partial charge < -0.3 is 14.7 Å². The Bertz CT molecular complexity index is 1100. The number of benzene rings is 2. The van der Waals surface area contributed by atoms with Crippen molar-refractivity contribution < 1.29 is 9.32 Å². The van der Waals surface area contributed by atoms with Crippen molar-refractivity contribution in [1.29, 1.82) is 0 Å². The minimum atomic E-state index is -0.257. The van der Waals surface area contributed by atoms with Gasteiger partial charge in [-0.2, -0.15) is 4.98 Å². The van der Waals surface area contributed by atoms with E-state index in [0.29, 0.717) is 35.1 Å². The Kier molecular flexibility index (Phi) is 7.03. The lowest BCUT2D eigenvalue weighted by atomic mass is 9.92. The minimum absolute atomic E-state index is 0.128. The Hall–Kier alpha value is -2.86. The van der Waals surface area contributed by atoms with Crippen molar-refractivity contribution in [3.63, 3.8) is 0 Å². The lowest BCUT2D eigenvalue weighted by Crippen LogP contribution is -2.41. The lowest BCUT2D eigenvalue weighted by Gasteiger charge is -2.34. The zero-order chi connectivity index (χ0) is 23.5. The maximum Gasteiger partial charge on any atom is 0.322 e. The van der Waals surface area contributed by atoms with Crippen LogP contribution in [0.2, 0.25) is 5.02 Å². The third-order valence-electron chi connectivity index (χ3n) is 6.18. The van der Waals surface area contributed by atoms with Gasteiger partial charge in [-0.15, -0.1) is 0 Å². The van der Waals surface area contributed by atoms with E-state index in [4.69, 9.17) is 16.1 Å². The van der Waals surface area contributed by atoms with E-state index in [1.54, 1.807) is 12.1 Å². The first-order chi connectivity index (χ1) is 15.8. The number of anilines is 1. The molecule has 4 rings (SSSR count). The SMILES string of the molecule is CC(C)c1cccc(C(C)C)c1NC(=O)N1CCCCC1c1nc(-c2cccc(Cl)c2)no1. The summed E-state index contributed by atoms with van der Waals surface area (Å²) in [5.41, 5.74) is 3.99. The van der Waals surface area contributed by atoms with Crippen molar-refractivity contribution in [3.05, 3.63) is 64.5 Å². The van der Waals surface area contributed by atoms with Gasteiger partial charge in [-0.05, 0) is 54.4 Å². The van der Waals surface area contributed by atoms with Crippen LogP contribution in [0.25, 0.3) is 11.4 Å². The number of aromatic nitrogens is 2. The Morgan fingerprint density at radius 3 is 2.45 bits per heavy atom. The van der Waals surface area contributed by atoms with Crippen LogP contribution in [-0.4, -0.2) is 27.6 Å². The van der Waals surface area contributed by atoms with Gasteiger partial charge in [-0.3, -0.25) is 0 Å². The molecule has 6 nitrogen and oxygen atoms in total. The molecule has 1 saturated heterocycles. The molecule has 0 aliphatic carbocycles. The molecule has 0 radical (unpaired) electrons. The number of likely N-dealkylation sites (tertiary alicyclic amines) is 1. The minimum Gasteiger partial charge on any atom is -0.337 e. The standard InChI is InChI=1S/C26H31ClN4O2/c1-16(2)20-11-8-12-21(17(3)4)23(20)28-26(32)31-14-6-5-13-22(31)25-29-24(30-33-25)18-9-7-10-19(27)15-18/h7-12,15-17,22H,5-6,13-14H2,1-4H3,(H,28,32). The van der Waals surface area contributed by atoms with E-state index < -0.39 is 0 Å². The largest absolute Gasteiger partial charge is 0.337 e. The van der Waals surface area contributed by atoms with Gasteiger partial charge in [0.15, 0.2) is 0 Å². The average Bonchev–Trinajstić information content (AvgIpc) is 3.29. The highest BCUT2D eigenvalue weighted by Crippen LogP contribution is 2.35. The summed E-state index contributed by atoms with van der Waals surface area (Å²) in [6, 6.07) is 13.2. The molecule has 0 saturated carbocycles. The van der Waals surface area contributed by atoms with Crippen LogP contribution in [0.3, 0.4) is 0 Å². The number of rotatable bonds is 5. The van der Waals surface area contributed by atoms with Gasteiger partial charge in [-0.1, -0.05) is 74.8 Å². The maximum absolute atomic E-state index is 13.5. The van der Waals surface area contributed by atoms with Gasteiger partial charge in [-0.25, -0.2) is 4.79 Å². The van der Waals surface area contributed by atoms with Crippen LogP contribution in [0.1, 0.15) is 81.9 Å². The summed E-state index contributed by atoms with van der Waals surface area (Å²) in [6.45, 7) is 9.23. The summed E-state index contributed by atoms with van der Waals surface area (Å²) >= 11 is 6.11. The molecule has 1 atom stereocenters. The molecule has 3 aromatic rings. The number of carbonyl (C=O) groups excluding carboxylic acids is 1. The predicted octanol–water partition coefficient (Wildman–Crippen LogP) is 7.40. The highest BCUT2D eigenvalue weighted by molar-refractivity contribution is 6.30. The molecule has 7 heteroatoms. The van der Waals surface area contributed by atoms with Crippen LogP contribution in [0.5, 0.6) is 0 Å². The zero-order valence-corrected chi connectivity index (χ0v) is 20.4. The molecule has 2 heterocycles. The van der Waals surface area contributed by atoms with Crippen molar-refractivity contribution in [3.8, 4) is 11.4 Å². The van der Waals surface area contributed by atoms with E-state index >= 15 is 0 Å². The number of halogens is 1. The molecule has 0 spiro atoms. The molecule has 2 amide bonds. The van der Waals surface area contributed by atoms with E-state index in [2.05, 4.69) is 61.4 Å². The quantitative estimate of drug-likeness (QED) is 0.425. The second-order valence-corrected chi connectivity index (χ2v) is 9.66. The van der Waals surface area contributed by atoms with E-state index in [1.807, 2.05) is 17.0 Å². The van der Waals surface area contributed by atoms with Gasteiger partial charge in [0.1, 0.15) is 6.04 Å². The normalized spacial score (nSPS) is 16.5. The van der Waals surface area contributed by atoms with Crippen molar-refractivity contribution in [2.24, 2.45) is 0 Å². The molecule has 1 aliphatic rings. The van der Waals surface area contributed by atoms with Crippen molar-refractivity contribution in [2.45, 2.75) is 64.8 Å². The number of hydrogen-bond acceptors (Lipinski definition) is 4. The van der Waals surface area contributed by atoms with Crippen LogP contribution in [0, 0.1) is 0 Å². The summed E-state index contributed by atoms with van der Waals surface area (Å²) in [5, 5.41) is 8.00. The maximum atomic E-state index is 13.5. The molecule has 1 unspecified atom stereocenters. The van der Waals surface area contributed by atoms with Gasteiger partial charge in [0.25, 0.3) is 0 Å². The first-order valence-electron chi connectivity index (χ1n) is 11.6.